The number of nitrogens with zero attached hydrogens (tertiary/aromatic N) is 4. The Bertz CT molecular complexity index is 1340. The maximum absolute atomic E-state index is 14.1. The van der Waals surface area contributed by atoms with Crippen molar-refractivity contribution in [1.29, 1.82) is 0 Å². The number of ether oxygens (including phenoxy) is 1. The summed E-state index contributed by atoms with van der Waals surface area (Å²) >= 11 is 0. The highest BCUT2D eigenvalue weighted by molar-refractivity contribution is 5.96. The Labute approximate surface area is 233 Å². The molecule has 0 bridgehead atoms. The van der Waals surface area contributed by atoms with Gasteiger partial charge in [0.25, 0.3) is 0 Å². The van der Waals surface area contributed by atoms with E-state index in [0.717, 1.165) is 5.52 Å². The van der Waals surface area contributed by atoms with Crippen LogP contribution in [0.2, 0.25) is 0 Å². The van der Waals surface area contributed by atoms with Crippen molar-refractivity contribution in [3.05, 3.63) is 36.9 Å². The number of nitrogens with one attached hydrogen (secondary N) is 2. The van der Waals surface area contributed by atoms with Crippen molar-refractivity contribution in [1.82, 2.24) is 30.5 Å². The zero-order valence-corrected chi connectivity index (χ0v) is 23.8. The van der Waals surface area contributed by atoms with Crippen LogP contribution in [0.15, 0.2) is 36.9 Å². The second-order valence-corrected chi connectivity index (χ2v) is 12.7. The summed E-state index contributed by atoms with van der Waals surface area (Å²) in [5, 5.41) is 23.7. The smallest absolute Gasteiger partial charge is 0.408 e. The molecule has 2 aliphatic rings. The quantitative estimate of drug-likeness (QED) is 0.441. The van der Waals surface area contributed by atoms with Gasteiger partial charge >= 0.3 is 12.1 Å². The van der Waals surface area contributed by atoms with Crippen LogP contribution < -0.4 is 10.6 Å². The highest BCUT2D eigenvalue weighted by atomic mass is 16.6. The molecule has 4 rings (SSSR count). The standard InChI is InChI=1S/C28H38N6O6/c1-8-16-14-28(16,24(37)38)30-22(35)20-13-17(34-19-12-10-9-11-18(19)31-32-34)15-33(20)23(36)21(26(2,3)4)29-25(39)40-27(5,6)7/h8-12,16-17,20-21H,1,13-15H2,2-7H3,(H,29,39)(H,30,35)(H,37,38). The van der Waals surface area contributed by atoms with E-state index in [4.69, 9.17) is 4.74 Å². The average Bonchev–Trinajstić information content (AvgIpc) is 3.18. The van der Waals surface area contributed by atoms with Crippen molar-refractivity contribution in [2.24, 2.45) is 11.3 Å². The summed E-state index contributed by atoms with van der Waals surface area (Å²) in [5.74, 6) is -2.63. The van der Waals surface area contributed by atoms with Gasteiger partial charge in [0.05, 0.1) is 11.6 Å². The molecule has 12 heteroatoms. The summed E-state index contributed by atoms with van der Waals surface area (Å²) in [5.41, 5.74) is -1.55. The van der Waals surface area contributed by atoms with E-state index < -0.39 is 64.5 Å². The molecule has 1 aromatic carbocycles. The first-order valence-corrected chi connectivity index (χ1v) is 13.4. The molecule has 2 aromatic rings. The average molecular weight is 555 g/mol. The van der Waals surface area contributed by atoms with Crippen molar-refractivity contribution < 1.29 is 29.0 Å². The molecule has 0 radical (unpaired) electrons. The second kappa shape index (κ2) is 10.2. The number of carbonyl (C=O) groups is 4. The normalized spacial score (nSPS) is 25.2. The number of aliphatic carboxylic acids is 1. The first-order chi connectivity index (χ1) is 18.6. The van der Waals surface area contributed by atoms with E-state index in [0.29, 0.717) is 5.52 Å². The molecular formula is C28H38N6O6. The Morgan fingerprint density at radius 1 is 1.18 bits per heavy atom. The van der Waals surface area contributed by atoms with E-state index in [1.807, 2.05) is 24.3 Å². The molecule has 216 valence electrons. The third-order valence-electron chi connectivity index (χ3n) is 7.39. The Balaban J connectivity index is 1.67. The molecule has 1 aliphatic carbocycles. The van der Waals surface area contributed by atoms with Crippen molar-refractivity contribution in [3.63, 3.8) is 0 Å². The van der Waals surface area contributed by atoms with Crippen LogP contribution in [0.3, 0.4) is 0 Å². The molecular weight excluding hydrogens is 516 g/mol. The van der Waals surface area contributed by atoms with E-state index in [9.17, 15) is 24.3 Å². The predicted octanol–water partition coefficient (Wildman–Crippen LogP) is 2.66. The third kappa shape index (κ3) is 5.66. The summed E-state index contributed by atoms with van der Waals surface area (Å²) in [6.45, 7) is 14.4. The lowest BCUT2D eigenvalue weighted by molar-refractivity contribution is -0.146. The van der Waals surface area contributed by atoms with Gasteiger partial charge in [0.2, 0.25) is 11.8 Å². The first-order valence-electron chi connectivity index (χ1n) is 13.4. The molecule has 1 saturated carbocycles. The number of alkyl carbamates (subject to hydrolysis) is 1. The number of carboxylic acid groups (broad SMARTS) is 1. The van der Waals surface area contributed by atoms with Gasteiger partial charge in [0.1, 0.15) is 28.7 Å². The lowest BCUT2D eigenvalue weighted by Crippen LogP contribution is -2.59. The summed E-state index contributed by atoms with van der Waals surface area (Å²) in [6.07, 6.45) is 1.16. The van der Waals surface area contributed by atoms with E-state index >= 15 is 0 Å². The van der Waals surface area contributed by atoms with E-state index in [2.05, 4.69) is 27.5 Å². The van der Waals surface area contributed by atoms with Crippen LogP contribution in [0.4, 0.5) is 4.79 Å². The number of amides is 3. The number of aromatic nitrogens is 3. The molecule has 5 atom stereocenters. The fraction of sp³-hybridized carbons (Fsp3) is 0.571. The van der Waals surface area contributed by atoms with Gasteiger partial charge in [-0.3, -0.25) is 9.59 Å². The van der Waals surface area contributed by atoms with E-state index in [1.165, 1.54) is 11.0 Å². The topological polar surface area (TPSA) is 156 Å². The van der Waals surface area contributed by atoms with Crippen LogP contribution >= 0.6 is 0 Å². The number of rotatable bonds is 7. The number of fused-ring (bicyclic) bond motifs is 1. The van der Waals surface area contributed by atoms with Gasteiger partial charge in [-0.1, -0.05) is 44.2 Å². The molecule has 1 aromatic heterocycles. The van der Waals surface area contributed by atoms with Gasteiger partial charge in [-0.25, -0.2) is 14.3 Å². The Morgan fingerprint density at radius 2 is 1.85 bits per heavy atom. The summed E-state index contributed by atoms with van der Waals surface area (Å²) in [4.78, 5) is 54.0. The maximum atomic E-state index is 14.1. The molecule has 1 aliphatic heterocycles. The van der Waals surface area contributed by atoms with Crippen molar-refractivity contribution >= 4 is 34.9 Å². The summed E-state index contributed by atoms with van der Waals surface area (Å²) in [7, 11) is 0. The molecule has 2 fully saturated rings. The number of hydrogen-bond acceptors (Lipinski definition) is 7. The van der Waals surface area contributed by atoms with Crippen LogP contribution in [0.5, 0.6) is 0 Å². The molecule has 12 nitrogen and oxygen atoms in total. The number of carboxylic acids is 1. The Hall–Kier alpha value is -3.96. The van der Waals surface area contributed by atoms with Crippen molar-refractivity contribution in [2.45, 2.75) is 83.6 Å². The zero-order valence-electron chi connectivity index (χ0n) is 23.8. The minimum absolute atomic E-state index is 0.109. The lowest BCUT2D eigenvalue weighted by Gasteiger charge is -2.36. The highest BCUT2D eigenvalue weighted by Gasteiger charge is 2.61. The molecule has 3 amide bonds. The van der Waals surface area contributed by atoms with Gasteiger partial charge in [0.15, 0.2) is 0 Å². The number of likely N-dealkylation sites (tertiary alicyclic amines) is 1. The fourth-order valence-electron chi connectivity index (χ4n) is 5.20. The van der Waals surface area contributed by atoms with Crippen molar-refractivity contribution in [2.75, 3.05) is 6.54 Å². The van der Waals surface area contributed by atoms with Crippen LogP contribution in [0.25, 0.3) is 11.0 Å². The minimum atomic E-state index is -1.45. The van der Waals surface area contributed by atoms with E-state index in [-0.39, 0.29) is 19.4 Å². The SMILES string of the molecule is C=CC1CC1(NC(=O)C1CC(n2nnc3ccccc32)CN1C(=O)C(NC(=O)OC(C)(C)C)C(C)(C)C)C(=O)O. The van der Waals surface area contributed by atoms with Crippen LogP contribution in [0.1, 0.15) is 60.4 Å². The number of para-hydroxylation sites is 1. The fourth-order valence-corrected chi connectivity index (χ4v) is 5.20. The Kier molecular flexibility index (Phi) is 7.42. The molecule has 0 spiro atoms. The highest BCUT2D eigenvalue weighted by Crippen LogP contribution is 2.45. The van der Waals surface area contributed by atoms with Crippen LogP contribution in [0, 0.1) is 11.3 Å². The number of hydrogen-bond donors (Lipinski definition) is 3. The van der Waals surface area contributed by atoms with Gasteiger partial charge in [-0.15, -0.1) is 11.7 Å². The monoisotopic (exact) mass is 554 g/mol. The summed E-state index contributed by atoms with van der Waals surface area (Å²) in [6, 6.07) is 4.92. The van der Waals surface area contributed by atoms with Crippen molar-refractivity contribution in [3.8, 4) is 0 Å². The summed E-state index contributed by atoms with van der Waals surface area (Å²) < 4.78 is 7.09. The van der Waals surface area contributed by atoms with Crippen LogP contribution in [-0.4, -0.2) is 78.6 Å². The largest absolute Gasteiger partial charge is 0.479 e. The molecule has 40 heavy (non-hydrogen) atoms. The lowest BCUT2D eigenvalue weighted by atomic mass is 9.85. The first kappa shape index (κ1) is 29.0. The minimum Gasteiger partial charge on any atom is -0.479 e. The third-order valence-corrected chi connectivity index (χ3v) is 7.39. The maximum Gasteiger partial charge on any atom is 0.408 e. The second-order valence-electron chi connectivity index (χ2n) is 12.7. The van der Waals surface area contributed by atoms with Gasteiger partial charge in [-0.05, 0) is 44.7 Å². The molecule has 3 N–H and O–H groups in total. The zero-order chi connectivity index (χ0) is 29.6. The van der Waals surface area contributed by atoms with E-state index in [1.54, 1.807) is 46.2 Å². The molecule has 5 unspecified atom stereocenters. The number of benzene rings is 1. The van der Waals surface area contributed by atoms with Gasteiger partial charge in [0, 0.05) is 18.9 Å². The van der Waals surface area contributed by atoms with Gasteiger partial charge < -0.3 is 25.4 Å². The van der Waals surface area contributed by atoms with Crippen LogP contribution in [-0.2, 0) is 19.1 Å². The van der Waals surface area contributed by atoms with Gasteiger partial charge in [-0.2, -0.15) is 0 Å². The predicted molar refractivity (Wildman–Crippen MR) is 146 cm³/mol. The Morgan fingerprint density at radius 3 is 2.42 bits per heavy atom. The molecule has 1 saturated heterocycles. The molecule has 2 heterocycles. The number of carbonyl (C=O) groups excluding carboxylic acids is 3.